The summed E-state index contributed by atoms with van der Waals surface area (Å²) in [6.07, 6.45) is 0. The molecule has 0 saturated carbocycles. The number of benzene rings is 2. The first-order valence-electron chi connectivity index (χ1n) is 5.78. The van der Waals surface area contributed by atoms with Crippen molar-refractivity contribution in [1.82, 2.24) is 0 Å². The average Bonchev–Trinajstić information content (AvgIpc) is 2.47. The average molecular weight is 326 g/mol. The van der Waals surface area contributed by atoms with Gasteiger partial charge in [0, 0.05) is 11.1 Å². The van der Waals surface area contributed by atoms with Crippen LogP contribution in [0.1, 0.15) is 21.8 Å². The number of carbonyl (C=O) groups excluding carboxylic acids is 1. The number of nitrogens with zero attached hydrogens (tertiary/aromatic N) is 1. The summed E-state index contributed by atoms with van der Waals surface area (Å²) < 4.78 is 27.0. The molecule has 0 amide bonds. The second kappa shape index (κ2) is 6.21. The molecule has 0 bridgehead atoms. The molecule has 2 rings (SSSR count). The van der Waals surface area contributed by atoms with E-state index in [0.717, 1.165) is 12.1 Å². The highest BCUT2D eigenvalue weighted by atomic mass is 35.5. The number of halogens is 4. The van der Waals surface area contributed by atoms with Gasteiger partial charge in [0.15, 0.2) is 5.78 Å². The minimum Gasteiger partial charge on any atom is -0.292 e. The molecule has 0 spiro atoms. The van der Waals surface area contributed by atoms with Crippen molar-refractivity contribution >= 4 is 29.0 Å². The number of Topliss-reactive ketones (excluding diaryl/α,β-unsaturated/α-hetero) is 1. The zero-order valence-electron chi connectivity index (χ0n) is 10.4. The van der Waals surface area contributed by atoms with E-state index in [1.54, 1.807) is 6.07 Å². The molecular weight excluding hydrogens is 319 g/mol. The Morgan fingerprint density at radius 2 is 1.86 bits per heavy atom. The topological polar surface area (TPSA) is 40.9 Å². The Morgan fingerprint density at radius 1 is 1.14 bits per heavy atom. The summed E-state index contributed by atoms with van der Waals surface area (Å²) >= 11 is 11.2. The highest BCUT2D eigenvalue weighted by Crippen LogP contribution is 2.28. The fourth-order valence-corrected chi connectivity index (χ4v) is 2.19. The summed E-state index contributed by atoms with van der Waals surface area (Å²) in [5.41, 5.74) is -0.109. The zero-order chi connectivity index (χ0) is 15.6. The van der Waals surface area contributed by atoms with Crippen molar-refractivity contribution in [1.29, 1.82) is 5.26 Å². The van der Waals surface area contributed by atoms with E-state index in [1.807, 2.05) is 0 Å². The van der Waals surface area contributed by atoms with Crippen LogP contribution in [0.2, 0.25) is 10.0 Å². The predicted octanol–water partition coefficient (Wildman–Crippen LogP) is 4.76. The molecule has 6 heteroatoms. The van der Waals surface area contributed by atoms with Crippen LogP contribution in [-0.4, -0.2) is 5.78 Å². The van der Waals surface area contributed by atoms with Gasteiger partial charge in [0.25, 0.3) is 0 Å². The van der Waals surface area contributed by atoms with Crippen LogP contribution in [0, 0.1) is 23.0 Å². The van der Waals surface area contributed by atoms with Crippen LogP contribution < -0.4 is 0 Å². The molecule has 2 aromatic rings. The van der Waals surface area contributed by atoms with Crippen molar-refractivity contribution < 1.29 is 13.6 Å². The van der Waals surface area contributed by atoms with E-state index in [0.29, 0.717) is 0 Å². The molecule has 0 fully saturated rings. The summed E-state index contributed by atoms with van der Waals surface area (Å²) in [6, 6.07) is 9.10. The second-order valence-corrected chi connectivity index (χ2v) is 5.01. The van der Waals surface area contributed by atoms with Gasteiger partial charge in [0.2, 0.25) is 0 Å². The predicted molar refractivity (Wildman–Crippen MR) is 75.5 cm³/mol. The van der Waals surface area contributed by atoms with E-state index < -0.39 is 23.3 Å². The van der Waals surface area contributed by atoms with Gasteiger partial charge in [-0.2, -0.15) is 5.26 Å². The lowest BCUT2D eigenvalue weighted by Gasteiger charge is -2.11. The standard InChI is InChI=1S/C15H7Cl2F2NO/c16-11-3-1-2-9(14(11)19)10(7-20)15(21)8-4-5-13(18)12(17)6-8/h1-6,10H. The van der Waals surface area contributed by atoms with E-state index in [2.05, 4.69) is 0 Å². The van der Waals surface area contributed by atoms with Gasteiger partial charge >= 0.3 is 0 Å². The number of ketones is 1. The molecule has 0 heterocycles. The Kier molecular flexibility index (Phi) is 4.56. The second-order valence-electron chi connectivity index (χ2n) is 4.20. The first-order valence-corrected chi connectivity index (χ1v) is 6.54. The first kappa shape index (κ1) is 15.4. The Morgan fingerprint density at radius 3 is 2.48 bits per heavy atom. The summed E-state index contributed by atoms with van der Waals surface area (Å²) in [7, 11) is 0. The molecule has 1 atom stereocenters. The van der Waals surface area contributed by atoms with E-state index >= 15 is 0 Å². The lowest BCUT2D eigenvalue weighted by atomic mass is 9.91. The smallest absolute Gasteiger partial charge is 0.184 e. The van der Waals surface area contributed by atoms with E-state index in [-0.39, 0.29) is 21.2 Å². The van der Waals surface area contributed by atoms with E-state index in [9.17, 15) is 13.6 Å². The number of carbonyl (C=O) groups is 1. The molecule has 0 aliphatic heterocycles. The molecule has 106 valence electrons. The van der Waals surface area contributed by atoms with Crippen LogP contribution in [0.5, 0.6) is 0 Å². The maximum atomic E-state index is 13.9. The van der Waals surface area contributed by atoms with Gasteiger partial charge in [0.1, 0.15) is 17.6 Å². The van der Waals surface area contributed by atoms with Crippen LogP contribution >= 0.6 is 23.2 Å². The van der Waals surface area contributed by atoms with E-state index in [4.69, 9.17) is 28.5 Å². The van der Waals surface area contributed by atoms with Gasteiger partial charge in [-0.15, -0.1) is 0 Å². The highest BCUT2D eigenvalue weighted by molar-refractivity contribution is 6.31. The number of rotatable bonds is 3. The third-order valence-electron chi connectivity index (χ3n) is 2.89. The first-order chi connectivity index (χ1) is 9.95. The van der Waals surface area contributed by atoms with Gasteiger partial charge in [-0.3, -0.25) is 4.79 Å². The summed E-state index contributed by atoms with van der Waals surface area (Å²) in [6.45, 7) is 0. The van der Waals surface area contributed by atoms with Crippen molar-refractivity contribution in [3.8, 4) is 6.07 Å². The quantitative estimate of drug-likeness (QED) is 0.763. The van der Waals surface area contributed by atoms with Crippen molar-refractivity contribution in [2.24, 2.45) is 0 Å². The Balaban J connectivity index is 2.46. The van der Waals surface area contributed by atoms with Crippen molar-refractivity contribution in [2.45, 2.75) is 5.92 Å². The largest absolute Gasteiger partial charge is 0.292 e. The fourth-order valence-electron chi connectivity index (χ4n) is 1.83. The molecule has 0 aliphatic rings. The van der Waals surface area contributed by atoms with Crippen LogP contribution in [0.25, 0.3) is 0 Å². The normalized spacial score (nSPS) is 11.8. The molecule has 1 unspecified atom stereocenters. The van der Waals surface area contributed by atoms with Crippen LogP contribution in [0.3, 0.4) is 0 Å². The number of nitriles is 1. The van der Waals surface area contributed by atoms with Gasteiger partial charge in [0.05, 0.1) is 16.1 Å². The minimum atomic E-state index is -1.38. The van der Waals surface area contributed by atoms with Crippen LogP contribution in [-0.2, 0) is 0 Å². The molecule has 2 aromatic carbocycles. The summed E-state index contributed by atoms with van der Waals surface area (Å²) in [4.78, 5) is 12.3. The lowest BCUT2D eigenvalue weighted by Crippen LogP contribution is -2.13. The highest BCUT2D eigenvalue weighted by Gasteiger charge is 2.26. The van der Waals surface area contributed by atoms with Crippen molar-refractivity contribution in [2.75, 3.05) is 0 Å². The molecule has 0 N–H and O–H groups in total. The van der Waals surface area contributed by atoms with Gasteiger partial charge < -0.3 is 0 Å². The SMILES string of the molecule is N#CC(C(=O)c1ccc(F)c(Cl)c1)c1cccc(Cl)c1F. The monoisotopic (exact) mass is 325 g/mol. The van der Waals surface area contributed by atoms with Gasteiger partial charge in [-0.25, -0.2) is 8.78 Å². The maximum absolute atomic E-state index is 13.9. The van der Waals surface area contributed by atoms with Gasteiger partial charge in [-0.05, 0) is 24.3 Å². The molecule has 0 saturated heterocycles. The van der Waals surface area contributed by atoms with Gasteiger partial charge in [-0.1, -0.05) is 35.3 Å². The molecule has 0 radical (unpaired) electrons. The molecule has 2 nitrogen and oxygen atoms in total. The minimum absolute atomic E-state index is 0.0207. The third-order valence-corrected chi connectivity index (χ3v) is 3.47. The summed E-state index contributed by atoms with van der Waals surface area (Å²) in [5.74, 6) is -3.58. The Bertz CT molecular complexity index is 756. The molecular formula is C15H7Cl2F2NO. The third kappa shape index (κ3) is 3.05. The fraction of sp³-hybridized carbons (Fsp3) is 0.0667. The van der Waals surface area contributed by atoms with Crippen LogP contribution in [0.15, 0.2) is 36.4 Å². The van der Waals surface area contributed by atoms with E-state index in [1.165, 1.54) is 24.3 Å². The lowest BCUT2D eigenvalue weighted by molar-refractivity contribution is 0.0977. The number of hydrogen-bond donors (Lipinski definition) is 0. The number of hydrogen-bond acceptors (Lipinski definition) is 2. The van der Waals surface area contributed by atoms with Crippen molar-refractivity contribution in [3.63, 3.8) is 0 Å². The summed E-state index contributed by atoms with van der Waals surface area (Å²) in [5, 5.41) is 8.73. The van der Waals surface area contributed by atoms with Crippen molar-refractivity contribution in [3.05, 3.63) is 69.2 Å². The molecule has 0 aliphatic carbocycles. The molecule has 21 heavy (non-hydrogen) atoms. The maximum Gasteiger partial charge on any atom is 0.184 e. The Hall–Kier alpha value is -1.96. The molecule has 0 aromatic heterocycles. The van der Waals surface area contributed by atoms with Crippen LogP contribution in [0.4, 0.5) is 8.78 Å². The Labute approximate surface area is 129 Å². The zero-order valence-corrected chi connectivity index (χ0v) is 11.9.